The third-order valence-electron chi connectivity index (χ3n) is 4.77. The highest BCUT2D eigenvalue weighted by molar-refractivity contribution is 14.0. The predicted molar refractivity (Wildman–Crippen MR) is 135 cm³/mol. The van der Waals surface area contributed by atoms with Crippen molar-refractivity contribution in [2.45, 2.75) is 38.4 Å². The Morgan fingerprint density at radius 1 is 1.03 bits per heavy atom. The Morgan fingerprint density at radius 2 is 1.63 bits per heavy atom. The summed E-state index contributed by atoms with van der Waals surface area (Å²) in [5.74, 6) is 0.700. The van der Waals surface area contributed by atoms with E-state index in [4.69, 9.17) is 0 Å². The molecule has 0 saturated heterocycles. The summed E-state index contributed by atoms with van der Waals surface area (Å²) in [6, 6.07) is 13.9. The van der Waals surface area contributed by atoms with Gasteiger partial charge in [0, 0.05) is 32.9 Å². The number of sulfone groups is 1. The van der Waals surface area contributed by atoms with Crippen LogP contribution >= 0.6 is 24.0 Å². The summed E-state index contributed by atoms with van der Waals surface area (Å²) in [7, 11) is 0.650. The van der Waals surface area contributed by atoms with Crippen molar-refractivity contribution < 1.29 is 8.42 Å². The molecule has 30 heavy (non-hydrogen) atoms. The number of benzene rings is 2. The van der Waals surface area contributed by atoms with Gasteiger partial charge in [0.1, 0.15) is 0 Å². The van der Waals surface area contributed by atoms with Gasteiger partial charge < -0.3 is 15.5 Å². The van der Waals surface area contributed by atoms with Crippen LogP contribution in [-0.4, -0.2) is 46.2 Å². The minimum absolute atomic E-state index is 0. The second kappa shape index (κ2) is 12.3. The maximum Gasteiger partial charge on any atom is 0.191 e. The van der Waals surface area contributed by atoms with Gasteiger partial charge in [0.25, 0.3) is 0 Å². The summed E-state index contributed by atoms with van der Waals surface area (Å²) in [5.41, 5.74) is 4.24. The normalized spacial score (nSPS) is 11.9. The first-order valence-corrected chi connectivity index (χ1v) is 11.6. The van der Waals surface area contributed by atoms with E-state index in [9.17, 15) is 8.42 Å². The molecule has 0 aliphatic heterocycles. The van der Waals surface area contributed by atoms with E-state index in [0.29, 0.717) is 23.9 Å². The predicted octanol–water partition coefficient (Wildman–Crippen LogP) is 3.33. The number of aliphatic imine (C=N–C) groups is 1. The minimum atomic E-state index is -3.20. The van der Waals surface area contributed by atoms with E-state index in [2.05, 4.69) is 58.8 Å². The largest absolute Gasteiger partial charge is 0.352 e. The molecule has 0 saturated carbocycles. The number of rotatable bonds is 8. The molecule has 0 radical (unpaired) electrons. The monoisotopic (exact) mass is 544 g/mol. The molecule has 0 aromatic heterocycles. The van der Waals surface area contributed by atoms with Gasteiger partial charge in [-0.3, -0.25) is 4.99 Å². The first-order chi connectivity index (χ1) is 13.7. The lowest BCUT2D eigenvalue weighted by molar-refractivity contribution is 0.345. The van der Waals surface area contributed by atoms with Crippen LogP contribution in [0, 0.1) is 6.92 Å². The van der Waals surface area contributed by atoms with Gasteiger partial charge in [-0.15, -0.1) is 24.0 Å². The number of nitrogens with one attached hydrogen (secondary N) is 2. The van der Waals surface area contributed by atoms with Crippen LogP contribution in [0.4, 0.5) is 0 Å². The maximum atomic E-state index is 11.8. The zero-order valence-electron chi connectivity index (χ0n) is 18.4. The van der Waals surface area contributed by atoms with Crippen LogP contribution in [0.1, 0.15) is 29.2 Å². The molecule has 2 aromatic rings. The summed E-state index contributed by atoms with van der Waals surface area (Å²) in [6.07, 6.45) is 1.23. The lowest BCUT2D eigenvalue weighted by Crippen LogP contribution is -2.36. The van der Waals surface area contributed by atoms with Crippen LogP contribution in [0.25, 0.3) is 0 Å². The fraction of sp³-hybridized carbons (Fsp3) is 0.409. The van der Waals surface area contributed by atoms with Crippen LogP contribution in [0.2, 0.25) is 0 Å². The molecule has 0 heterocycles. The molecule has 0 atom stereocenters. The van der Waals surface area contributed by atoms with Gasteiger partial charge in [0.05, 0.1) is 4.90 Å². The fourth-order valence-electron chi connectivity index (χ4n) is 3.09. The molecule has 0 aliphatic rings. The molecule has 2 N–H and O–H groups in total. The molecule has 0 unspecified atom stereocenters. The number of nitrogens with zero attached hydrogens (tertiary/aromatic N) is 2. The van der Waals surface area contributed by atoms with Gasteiger partial charge >= 0.3 is 0 Å². The molecule has 0 bridgehead atoms. The van der Waals surface area contributed by atoms with Crippen molar-refractivity contribution in [1.82, 2.24) is 15.5 Å². The van der Waals surface area contributed by atoms with Gasteiger partial charge in [-0.1, -0.05) is 43.3 Å². The Morgan fingerprint density at radius 3 is 2.17 bits per heavy atom. The molecule has 6 nitrogen and oxygen atoms in total. The molecular weight excluding hydrogens is 511 g/mol. The van der Waals surface area contributed by atoms with Gasteiger partial charge in [-0.25, -0.2) is 8.42 Å². The van der Waals surface area contributed by atoms with Crippen molar-refractivity contribution in [2.75, 3.05) is 26.9 Å². The standard InChI is InChI=1S/C22H32N4O2S.HI/c1-6-26(4)16-20-9-7-8-18(13-20)14-24-22(23-3)25-15-19-10-11-21(17(2)12-19)29(5,27)28;/h7-13H,6,14-16H2,1-5H3,(H2,23,24,25);1H. The molecule has 0 amide bonds. The molecule has 8 heteroatoms. The highest BCUT2D eigenvalue weighted by Gasteiger charge is 2.11. The summed E-state index contributed by atoms with van der Waals surface area (Å²) < 4.78 is 23.5. The Balaban J connectivity index is 0.00000450. The van der Waals surface area contributed by atoms with Crippen LogP contribution in [0.3, 0.4) is 0 Å². The van der Waals surface area contributed by atoms with E-state index in [1.165, 1.54) is 17.4 Å². The molecule has 0 spiro atoms. The van der Waals surface area contributed by atoms with Crippen molar-refractivity contribution >= 4 is 39.8 Å². The van der Waals surface area contributed by atoms with Crippen molar-refractivity contribution in [2.24, 2.45) is 4.99 Å². The third-order valence-corrected chi connectivity index (χ3v) is 6.02. The van der Waals surface area contributed by atoms with Gasteiger partial charge in [0.2, 0.25) is 0 Å². The zero-order valence-corrected chi connectivity index (χ0v) is 21.5. The maximum absolute atomic E-state index is 11.8. The van der Waals surface area contributed by atoms with Crippen LogP contribution < -0.4 is 10.6 Å². The molecule has 2 rings (SSSR count). The summed E-state index contributed by atoms with van der Waals surface area (Å²) in [5, 5.41) is 6.61. The lowest BCUT2D eigenvalue weighted by Gasteiger charge is -2.15. The second-order valence-electron chi connectivity index (χ2n) is 7.30. The van der Waals surface area contributed by atoms with Crippen LogP contribution in [-0.2, 0) is 29.5 Å². The fourth-order valence-corrected chi connectivity index (χ4v) is 4.05. The summed E-state index contributed by atoms with van der Waals surface area (Å²) >= 11 is 0. The number of hydrogen-bond donors (Lipinski definition) is 2. The molecular formula is C22H33IN4O2S. The van der Waals surface area contributed by atoms with Crippen molar-refractivity contribution in [3.8, 4) is 0 Å². The van der Waals surface area contributed by atoms with Crippen molar-refractivity contribution in [3.05, 3.63) is 64.7 Å². The van der Waals surface area contributed by atoms with E-state index >= 15 is 0 Å². The first kappa shape index (κ1) is 26.4. The number of aryl methyl sites for hydroxylation is 1. The smallest absolute Gasteiger partial charge is 0.191 e. The molecule has 0 aliphatic carbocycles. The van der Waals surface area contributed by atoms with E-state index in [0.717, 1.165) is 24.2 Å². The van der Waals surface area contributed by atoms with E-state index in [1.807, 2.05) is 19.1 Å². The van der Waals surface area contributed by atoms with Gasteiger partial charge in [-0.2, -0.15) is 0 Å². The molecule has 166 valence electrons. The number of hydrogen-bond acceptors (Lipinski definition) is 4. The Hall–Kier alpha value is -1.65. The topological polar surface area (TPSA) is 73.8 Å². The first-order valence-electron chi connectivity index (χ1n) is 9.73. The SMILES string of the molecule is CCN(C)Cc1cccc(CNC(=NC)NCc2ccc(S(C)(=O)=O)c(C)c2)c1.I. The van der Waals surface area contributed by atoms with E-state index in [1.54, 1.807) is 13.1 Å². The Bertz CT molecular complexity index is 961. The van der Waals surface area contributed by atoms with E-state index < -0.39 is 9.84 Å². The molecule has 2 aromatic carbocycles. The van der Waals surface area contributed by atoms with Gasteiger partial charge in [0.15, 0.2) is 15.8 Å². The highest BCUT2D eigenvalue weighted by atomic mass is 127. The Kier molecular flexibility index (Phi) is 10.8. The summed E-state index contributed by atoms with van der Waals surface area (Å²) in [4.78, 5) is 6.91. The Labute approximate surface area is 198 Å². The van der Waals surface area contributed by atoms with Crippen molar-refractivity contribution in [1.29, 1.82) is 0 Å². The minimum Gasteiger partial charge on any atom is -0.352 e. The quantitative estimate of drug-likeness (QED) is 0.303. The summed E-state index contributed by atoms with van der Waals surface area (Å²) in [6.45, 7) is 7.15. The van der Waals surface area contributed by atoms with Crippen LogP contribution in [0.15, 0.2) is 52.4 Å². The number of halogens is 1. The highest BCUT2D eigenvalue weighted by Crippen LogP contribution is 2.16. The van der Waals surface area contributed by atoms with Crippen LogP contribution in [0.5, 0.6) is 0 Å². The average Bonchev–Trinajstić information content (AvgIpc) is 2.67. The number of guanidine groups is 1. The van der Waals surface area contributed by atoms with Gasteiger partial charge in [-0.05, 0) is 48.8 Å². The molecule has 0 fully saturated rings. The second-order valence-corrected chi connectivity index (χ2v) is 9.29. The third kappa shape index (κ3) is 8.23. The average molecular weight is 545 g/mol. The zero-order chi connectivity index (χ0) is 21.4. The lowest BCUT2D eigenvalue weighted by atomic mass is 10.1. The van der Waals surface area contributed by atoms with E-state index in [-0.39, 0.29) is 24.0 Å². The van der Waals surface area contributed by atoms with Crippen molar-refractivity contribution in [3.63, 3.8) is 0 Å².